The average Bonchev–Trinajstić information content (AvgIpc) is 3.77. The maximum absolute atomic E-state index is 6.89. The molecule has 0 amide bonds. The zero-order valence-corrected chi connectivity index (χ0v) is 31.9. The van der Waals surface area contributed by atoms with Crippen LogP contribution < -0.4 is 4.90 Å². The molecule has 11 rings (SSSR count). The van der Waals surface area contributed by atoms with Crippen molar-refractivity contribution in [2.24, 2.45) is 0 Å². The van der Waals surface area contributed by atoms with E-state index in [1.165, 1.54) is 55.3 Å². The Kier molecular flexibility index (Phi) is 7.55. The number of fused-ring (bicyclic) bond motifs is 7. The minimum Gasteiger partial charge on any atom is -0.455 e. The second-order valence-corrected chi connectivity index (χ2v) is 15.7. The Morgan fingerprint density at radius 3 is 1.75 bits per heavy atom. The normalized spacial score (nSPS) is 12.9. The van der Waals surface area contributed by atoms with Crippen molar-refractivity contribution in [3.05, 3.63) is 211 Å². The molecule has 0 N–H and O–H groups in total. The quantitative estimate of drug-likeness (QED) is 0.169. The van der Waals surface area contributed by atoms with Crippen molar-refractivity contribution in [1.82, 2.24) is 0 Å². The van der Waals surface area contributed by atoms with Crippen LogP contribution in [0.15, 0.2) is 205 Å². The SMILES string of the molecule is CC1(C)c2ccccc2-c2ccc(N(c3ccc(-c4ccc(-c5ccccc5)cc4)cc3)c3ccc(-c4cccc5ccccc45)c4oc5ccccc5c34)cc21. The first-order chi connectivity index (χ1) is 28.0. The second kappa shape index (κ2) is 13.0. The molecule has 10 aromatic rings. The van der Waals surface area contributed by atoms with Crippen molar-refractivity contribution in [3.8, 4) is 44.5 Å². The number of anilines is 3. The molecule has 0 fully saturated rings. The standard InChI is InChI=1S/C55H39NO/c1-55(2)49-21-10-8-18-45(49)46-32-31-42(35-50(46)55)56(41-29-27-39(28-30-41)38-25-23-37(24-26-38)36-13-4-3-5-14-36)51-34-33-47(44-20-12-16-40-15-6-7-17-43(40)44)54-53(51)48-19-9-11-22-52(48)57-54/h3-35H,1-2H3. The van der Waals surface area contributed by atoms with Gasteiger partial charge in [0.05, 0.1) is 11.1 Å². The lowest BCUT2D eigenvalue weighted by Crippen LogP contribution is -2.16. The van der Waals surface area contributed by atoms with Gasteiger partial charge in [-0.3, -0.25) is 0 Å². The van der Waals surface area contributed by atoms with E-state index >= 15 is 0 Å². The maximum atomic E-state index is 6.89. The number of benzene rings is 9. The van der Waals surface area contributed by atoms with Crippen molar-refractivity contribution in [3.63, 3.8) is 0 Å². The molecule has 9 aromatic carbocycles. The van der Waals surface area contributed by atoms with Gasteiger partial charge >= 0.3 is 0 Å². The smallest absolute Gasteiger partial charge is 0.145 e. The molecule has 2 nitrogen and oxygen atoms in total. The fourth-order valence-corrected chi connectivity index (χ4v) is 9.22. The predicted octanol–water partition coefficient (Wildman–Crippen LogP) is 15.5. The summed E-state index contributed by atoms with van der Waals surface area (Å²) < 4.78 is 6.89. The van der Waals surface area contributed by atoms with E-state index in [0.29, 0.717) is 0 Å². The predicted molar refractivity (Wildman–Crippen MR) is 240 cm³/mol. The van der Waals surface area contributed by atoms with E-state index in [2.05, 4.69) is 219 Å². The van der Waals surface area contributed by atoms with Crippen LogP contribution in [-0.2, 0) is 5.41 Å². The molecule has 1 aliphatic rings. The second-order valence-electron chi connectivity index (χ2n) is 15.7. The molecule has 0 radical (unpaired) electrons. The summed E-state index contributed by atoms with van der Waals surface area (Å²) in [6, 6.07) is 72.5. The topological polar surface area (TPSA) is 16.4 Å². The van der Waals surface area contributed by atoms with Crippen molar-refractivity contribution >= 4 is 49.8 Å². The van der Waals surface area contributed by atoms with Crippen LogP contribution in [-0.4, -0.2) is 0 Å². The first-order valence-electron chi connectivity index (χ1n) is 19.8. The Balaban J connectivity index is 1.11. The molecule has 270 valence electrons. The summed E-state index contributed by atoms with van der Waals surface area (Å²) in [6.45, 7) is 4.70. The molecular formula is C55H39NO. The first kappa shape index (κ1) is 33.2. The van der Waals surface area contributed by atoms with Crippen molar-refractivity contribution in [2.75, 3.05) is 4.90 Å². The number of hydrogen-bond acceptors (Lipinski definition) is 2. The number of hydrogen-bond donors (Lipinski definition) is 0. The van der Waals surface area contributed by atoms with Crippen molar-refractivity contribution in [2.45, 2.75) is 19.3 Å². The van der Waals surface area contributed by atoms with E-state index < -0.39 is 0 Å². The molecule has 0 saturated heterocycles. The van der Waals surface area contributed by atoms with Crippen LogP contribution in [0.25, 0.3) is 77.2 Å². The Labute approximate surface area is 332 Å². The molecule has 0 atom stereocenters. The van der Waals surface area contributed by atoms with Crippen LogP contribution in [0.4, 0.5) is 17.1 Å². The Hall–Kier alpha value is -7.16. The summed E-state index contributed by atoms with van der Waals surface area (Å²) >= 11 is 0. The molecule has 1 aliphatic carbocycles. The molecule has 1 aromatic heterocycles. The molecule has 57 heavy (non-hydrogen) atoms. The van der Waals surface area contributed by atoms with Crippen molar-refractivity contribution in [1.29, 1.82) is 0 Å². The third-order valence-electron chi connectivity index (χ3n) is 12.1. The van der Waals surface area contributed by atoms with Gasteiger partial charge in [0.2, 0.25) is 0 Å². The third-order valence-corrected chi connectivity index (χ3v) is 12.1. The molecule has 0 spiro atoms. The summed E-state index contributed by atoms with van der Waals surface area (Å²) in [6.07, 6.45) is 0. The van der Waals surface area contributed by atoms with Gasteiger partial charge in [-0.15, -0.1) is 0 Å². The van der Waals surface area contributed by atoms with E-state index in [9.17, 15) is 0 Å². The van der Waals surface area contributed by atoms with Gasteiger partial charge in [-0.25, -0.2) is 0 Å². The summed E-state index contributed by atoms with van der Waals surface area (Å²) in [5, 5.41) is 4.61. The highest BCUT2D eigenvalue weighted by atomic mass is 16.3. The zero-order valence-electron chi connectivity index (χ0n) is 31.9. The highest BCUT2D eigenvalue weighted by molar-refractivity contribution is 6.18. The maximum Gasteiger partial charge on any atom is 0.145 e. The molecule has 0 unspecified atom stereocenters. The van der Waals surface area contributed by atoms with Crippen LogP contribution in [0.3, 0.4) is 0 Å². The highest BCUT2D eigenvalue weighted by Gasteiger charge is 2.36. The first-order valence-corrected chi connectivity index (χ1v) is 19.8. The van der Waals surface area contributed by atoms with Crippen LogP contribution in [0.5, 0.6) is 0 Å². The van der Waals surface area contributed by atoms with Gasteiger partial charge < -0.3 is 9.32 Å². The van der Waals surface area contributed by atoms with Gasteiger partial charge in [-0.05, 0) is 103 Å². The van der Waals surface area contributed by atoms with E-state index in [1.807, 2.05) is 0 Å². The zero-order chi connectivity index (χ0) is 38.1. The fraction of sp³-hybridized carbons (Fsp3) is 0.0545. The average molecular weight is 730 g/mol. The summed E-state index contributed by atoms with van der Waals surface area (Å²) in [5.74, 6) is 0. The monoisotopic (exact) mass is 729 g/mol. The Bertz CT molecular complexity index is 3130. The van der Waals surface area contributed by atoms with Crippen LogP contribution in [0.1, 0.15) is 25.0 Å². The Morgan fingerprint density at radius 1 is 0.404 bits per heavy atom. The van der Waals surface area contributed by atoms with Gasteiger partial charge in [0, 0.05) is 27.7 Å². The minimum absolute atomic E-state index is 0.140. The van der Waals surface area contributed by atoms with Crippen molar-refractivity contribution < 1.29 is 4.42 Å². The van der Waals surface area contributed by atoms with E-state index in [0.717, 1.165) is 50.1 Å². The van der Waals surface area contributed by atoms with Gasteiger partial charge in [0.25, 0.3) is 0 Å². The van der Waals surface area contributed by atoms with Crippen LogP contribution in [0.2, 0.25) is 0 Å². The molecular weight excluding hydrogens is 691 g/mol. The van der Waals surface area contributed by atoms with E-state index in [1.54, 1.807) is 0 Å². The Morgan fingerprint density at radius 2 is 0.965 bits per heavy atom. The third kappa shape index (κ3) is 5.33. The largest absolute Gasteiger partial charge is 0.455 e. The summed E-state index contributed by atoms with van der Waals surface area (Å²) in [4.78, 5) is 2.43. The lowest BCUT2D eigenvalue weighted by Gasteiger charge is -2.29. The van der Waals surface area contributed by atoms with Crippen LogP contribution >= 0.6 is 0 Å². The minimum atomic E-state index is -0.140. The molecule has 2 heteroatoms. The number of para-hydroxylation sites is 1. The number of nitrogens with zero attached hydrogens (tertiary/aromatic N) is 1. The molecule has 1 heterocycles. The highest BCUT2D eigenvalue weighted by Crippen LogP contribution is 2.52. The molecule has 0 saturated carbocycles. The molecule has 0 aliphatic heterocycles. The van der Waals surface area contributed by atoms with Gasteiger partial charge in [-0.1, -0.05) is 172 Å². The summed E-state index contributed by atoms with van der Waals surface area (Å²) in [7, 11) is 0. The summed E-state index contributed by atoms with van der Waals surface area (Å²) in [5.41, 5.74) is 17.3. The van der Waals surface area contributed by atoms with E-state index in [4.69, 9.17) is 4.42 Å². The lowest BCUT2D eigenvalue weighted by molar-refractivity contribution is 0.660. The van der Waals surface area contributed by atoms with Crippen LogP contribution in [0, 0.1) is 0 Å². The van der Waals surface area contributed by atoms with Gasteiger partial charge in [0.1, 0.15) is 11.2 Å². The number of furan rings is 1. The number of rotatable bonds is 6. The van der Waals surface area contributed by atoms with E-state index in [-0.39, 0.29) is 5.41 Å². The molecule has 0 bridgehead atoms. The fourth-order valence-electron chi connectivity index (χ4n) is 9.22. The lowest BCUT2D eigenvalue weighted by atomic mass is 9.82. The van der Waals surface area contributed by atoms with Gasteiger partial charge in [-0.2, -0.15) is 0 Å². The van der Waals surface area contributed by atoms with Gasteiger partial charge in [0.15, 0.2) is 0 Å².